The molecule has 0 amide bonds. The van der Waals surface area contributed by atoms with E-state index in [-0.39, 0.29) is 5.92 Å². The van der Waals surface area contributed by atoms with E-state index in [1.165, 1.54) is 11.1 Å². The van der Waals surface area contributed by atoms with E-state index in [4.69, 9.17) is 0 Å². The highest BCUT2D eigenvalue weighted by Crippen LogP contribution is 2.30. The summed E-state index contributed by atoms with van der Waals surface area (Å²) in [6.45, 7) is 12.6. The van der Waals surface area contributed by atoms with Crippen LogP contribution < -0.4 is 0 Å². The van der Waals surface area contributed by atoms with Crippen LogP contribution in [0.1, 0.15) is 53.4 Å². The Hall–Kier alpha value is -1.35. The van der Waals surface area contributed by atoms with Crippen molar-refractivity contribution in [2.75, 3.05) is 7.05 Å². The fraction of sp³-hybridized carbons (Fsp3) is 0.650. The van der Waals surface area contributed by atoms with Crippen molar-refractivity contribution in [3.63, 3.8) is 0 Å². The number of rotatable bonds is 10. The Bertz CT molecular complexity index is 476. The van der Waals surface area contributed by atoms with E-state index >= 15 is 0 Å². The van der Waals surface area contributed by atoms with Crippen molar-refractivity contribution < 1.29 is 9.90 Å². The molecule has 0 heterocycles. The Balaban J connectivity index is 2.51. The molecule has 0 aromatic rings. The Morgan fingerprint density at radius 1 is 1.48 bits per heavy atom. The average molecular weight is 319 g/mol. The third-order valence-electron chi connectivity index (χ3n) is 4.77. The van der Waals surface area contributed by atoms with Gasteiger partial charge in [0.25, 0.3) is 0 Å². The number of allylic oxidation sites excluding steroid dienone is 5. The van der Waals surface area contributed by atoms with Crippen LogP contribution in [-0.4, -0.2) is 29.6 Å². The minimum atomic E-state index is -0.648. The van der Waals surface area contributed by atoms with Crippen LogP contribution in [0, 0.1) is 17.8 Å². The molecule has 0 saturated carbocycles. The van der Waals surface area contributed by atoms with Crippen LogP contribution in [0.25, 0.3) is 0 Å². The van der Waals surface area contributed by atoms with Crippen LogP contribution in [0.4, 0.5) is 0 Å². The largest absolute Gasteiger partial charge is 0.374 e. The zero-order valence-corrected chi connectivity index (χ0v) is 15.4. The molecule has 0 saturated heterocycles. The number of hydrogen-bond donors (Lipinski definition) is 1. The van der Waals surface area contributed by atoms with Gasteiger partial charge < -0.3 is 14.8 Å². The van der Waals surface area contributed by atoms with Gasteiger partial charge in [0.15, 0.2) is 0 Å². The molecule has 2 unspecified atom stereocenters. The number of aliphatic hydroxyl groups excluding tert-OH is 1. The highest BCUT2D eigenvalue weighted by molar-refractivity contribution is 5.53. The van der Waals surface area contributed by atoms with Gasteiger partial charge >= 0.3 is 0 Å². The summed E-state index contributed by atoms with van der Waals surface area (Å²) in [5.41, 5.74) is 3.67. The quantitative estimate of drug-likeness (QED) is 0.482. The van der Waals surface area contributed by atoms with Crippen LogP contribution in [0.15, 0.2) is 35.6 Å². The van der Waals surface area contributed by atoms with Gasteiger partial charge in [-0.3, -0.25) is 0 Å². The van der Waals surface area contributed by atoms with Crippen molar-refractivity contribution in [3.05, 3.63) is 35.6 Å². The fourth-order valence-corrected chi connectivity index (χ4v) is 3.13. The Kier molecular flexibility index (Phi) is 7.77. The molecule has 3 heteroatoms. The van der Waals surface area contributed by atoms with Crippen molar-refractivity contribution in [1.82, 2.24) is 4.90 Å². The van der Waals surface area contributed by atoms with Crippen LogP contribution in [0.5, 0.6) is 0 Å². The molecule has 0 spiro atoms. The van der Waals surface area contributed by atoms with E-state index in [0.717, 1.165) is 31.2 Å². The van der Waals surface area contributed by atoms with Crippen LogP contribution >= 0.6 is 0 Å². The van der Waals surface area contributed by atoms with E-state index in [1.54, 1.807) is 4.90 Å². The zero-order chi connectivity index (χ0) is 17.6. The van der Waals surface area contributed by atoms with Gasteiger partial charge in [-0.2, -0.15) is 0 Å². The first-order valence-electron chi connectivity index (χ1n) is 8.68. The second kappa shape index (κ2) is 9.07. The summed E-state index contributed by atoms with van der Waals surface area (Å²) in [6, 6.07) is 0. The molecule has 0 bridgehead atoms. The normalized spacial score (nSPS) is 20.0. The van der Waals surface area contributed by atoms with Gasteiger partial charge in [-0.1, -0.05) is 50.6 Å². The van der Waals surface area contributed by atoms with Crippen LogP contribution in [0.2, 0.25) is 0 Å². The maximum atomic E-state index is 11.4. The summed E-state index contributed by atoms with van der Waals surface area (Å²) < 4.78 is 0. The van der Waals surface area contributed by atoms with Crippen molar-refractivity contribution >= 4 is 6.29 Å². The highest BCUT2D eigenvalue weighted by atomic mass is 16.3. The monoisotopic (exact) mass is 319 g/mol. The maximum absolute atomic E-state index is 11.4. The fourth-order valence-electron chi connectivity index (χ4n) is 3.13. The van der Waals surface area contributed by atoms with Gasteiger partial charge in [0, 0.05) is 25.1 Å². The number of nitrogens with zero attached hydrogens (tertiary/aromatic N) is 1. The van der Waals surface area contributed by atoms with E-state index < -0.39 is 6.23 Å². The molecule has 1 N–H and O–H groups in total. The van der Waals surface area contributed by atoms with Crippen molar-refractivity contribution in [2.45, 2.75) is 59.6 Å². The predicted molar refractivity (Wildman–Crippen MR) is 96.8 cm³/mol. The summed E-state index contributed by atoms with van der Waals surface area (Å²) in [5.74, 6) is 0.860. The third kappa shape index (κ3) is 5.98. The highest BCUT2D eigenvalue weighted by Gasteiger charge is 2.21. The first-order valence-corrected chi connectivity index (χ1v) is 8.68. The molecule has 3 nitrogen and oxygen atoms in total. The van der Waals surface area contributed by atoms with Gasteiger partial charge in [0.1, 0.15) is 12.5 Å². The summed E-state index contributed by atoms with van der Waals surface area (Å²) in [6.07, 6.45) is 7.75. The van der Waals surface area contributed by atoms with E-state index in [2.05, 4.69) is 46.4 Å². The number of aldehydes is 1. The molecule has 1 aliphatic rings. The van der Waals surface area contributed by atoms with E-state index in [1.807, 2.05) is 7.05 Å². The minimum absolute atomic E-state index is 0.118. The third-order valence-corrected chi connectivity index (χ3v) is 4.77. The lowest BCUT2D eigenvalue weighted by molar-refractivity contribution is -0.113. The molecule has 0 aromatic carbocycles. The summed E-state index contributed by atoms with van der Waals surface area (Å²) in [4.78, 5) is 13.2. The minimum Gasteiger partial charge on any atom is -0.374 e. The average Bonchev–Trinajstić information content (AvgIpc) is 2.80. The van der Waals surface area contributed by atoms with Gasteiger partial charge in [0.2, 0.25) is 0 Å². The van der Waals surface area contributed by atoms with Crippen LogP contribution in [0.3, 0.4) is 0 Å². The van der Waals surface area contributed by atoms with E-state index in [9.17, 15) is 9.90 Å². The van der Waals surface area contributed by atoms with Crippen molar-refractivity contribution in [3.8, 4) is 0 Å². The molecular weight excluding hydrogens is 286 g/mol. The molecule has 0 fully saturated rings. The van der Waals surface area contributed by atoms with Gasteiger partial charge in [-0.25, -0.2) is 0 Å². The van der Waals surface area contributed by atoms with Crippen molar-refractivity contribution in [1.29, 1.82) is 0 Å². The lowest BCUT2D eigenvalue weighted by Gasteiger charge is -2.30. The molecule has 0 aliphatic heterocycles. The molecule has 3 atom stereocenters. The molecule has 1 aliphatic carbocycles. The van der Waals surface area contributed by atoms with Gasteiger partial charge in [-0.05, 0) is 38.0 Å². The zero-order valence-electron chi connectivity index (χ0n) is 15.4. The second-order valence-corrected chi connectivity index (χ2v) is 7.28. The SMILES string of the molecule is C=C(CC(C)C)N(C)C(O)C[C@@H](C=O)CCC1=C(C)C=CC1C. The van der Waals surface area contributed by atoms with E-state index in [0.29, 0.717) is 18.3 Å². The number of aliphatic hydroxyl groups is 1. The predicted octanol–water partition coefficient (Wildman–Crippen LogP) is 4.30. The molecule has 130 valence electrons. The van der Waals surface area contributed by atoms with Gasteiger partial charge in [0.05, 0.1) is 0 Å². The van der Waals surface area contributed by atoms with Gasteiger partial charge in [-0.15, -0.1) is 0 Å². The molecule has 0 radical (unpaired) electrons. The number of hydrogen-bond acceptors (Lipinski definition) is 3. The number of carbonyl (C=O) groups excluding carboxylic acids is 1. The lowest BCUT2D eigenvalue weighted by atomic mass is 9.91. The standard InChI is InChI=1S/C20H33NO2/c1-14(2)11-17(5)21(6)20(23)12-18(13-22)9-10-19-15(3)7-8-16(19)4/h7-8,13-15,18,20,23H,5,9-12H2,1-4,6H3/t15?,18-,20?/m0/s1. The van der Waals surface area contributed by atoms with Crippen LogP contribution in [-0.2, 0) is 4.79 Å². The molecule has 1 rings (SSSR count). The summed E-state index contributed by atoms with van der Waals surface area (Å²) >= 11 is 0. The Morgan fingerprint density at radius 3 is 2.61 bits per heavy atom. The first kappa shape index (κ1) is 19.7. The summed E-state index contributed by atoms with van der Waals surface area (Å²) in [7, 11) is 1.85. The molecule has 23 heavy (non-hydrogen) atoms. The maximum Gasteiger partial charge on any atom is 0.127 e. The first-order chi connectivity index (χ1) is 10.8. The topological polar surface area (TPSA) is 40.5 Å². The Morgan fingerprint density at radius 2 is 2.13 bits per heavy atom. The molecular formula is C20H33NO2. The number of carbonyl (C=O) groups is 1. The summed E-state index contributed by atoms with van der Waals surface area (Å²) in [5, 5.41) is 10.4. The van der Waals surface area contributed by atoms with Crippen molar-refractivity contribution in [2.24, 2.45) is 17.8 Å². The molecule has 0 aromatic heterocycles. The Labute approximate surface area is 141 Å². The lowest BCUT2D eigenvalue weighted by Crippen LogP contribution is -2.33. The smallest absolute Gasteiger partial charge is 0.127 e. The second-order valence-electron chi connectivity index (χ2n) is 7.28.